The molecule has 0 bridgehead atoms. The zero-order valence-electron chi connectivity index (χ0n) is 25.5. The molecule has 0 saturated heterocycles. The maximum absolute atomic E-state index is 14.5. The van der Waals surface area contributed by atoms with Gasteiger partial charge in [-0.25, -0.2) is 8.42 Å². The number of carbonyl (C=O) groups is 2. The number of nitrogens with one attached hydrogen (secondary N) is 1. The molecule has 0 aromatic heterocycles. The third kappa shape index (κ3) is 8.96. The number of hydrogen-bond donors (Lipinski definition) is 1. The van der Waals surface area contributed by atoms with Crippen molar-refractivity contribution in [3.8, 4) is 0 Å². The standard InChI is InChI=1S/C35H37BrClN3O4S/c1-4-19-38-35(42)33(22-27-9-6-5-7-10-27)39(23-28-11-8-12-29(36)21-28)34(41)24-40(31-16-13-25(2)26(3)20-31)45(43,44)32-17-14-30(37)15-18-32/h5-18,20-21,33H,4,19,22-24H2,1-3H3,(H,38,42). The summed E-state index contributed by atoms with van der Waals surface area (Å²) in [5, 5.41) is 3.35. The Morgan fingerprint density at radius 2 is 1.56 bits per heavy atom. The van der Waals surface area contributed by atoms with Crippen LogP contribution in [0.2, 0.25) is 5.02 Å². The molecule has 0 aliphatic rings. The molecule has 4 rings (SSSR count). The van der Waals surface area contributed by atoms with E-state index in [1.165, 1.54) is 29.2 Å². The molecule has 0 aliphatic heterocycles. The van der Waals surface area contributed by atoms with Crippen LogP contribution in [-0.2, 0) is 32.6 Å². The molecule has 0 spiro atoms. The van der Waals surface area contributed by atoms with E-state index in [0.29, 0.717) is 17.3 Å². The molecule has 236 valence electrons. The van der Waals surface area contributed by atoms with Gasteiger partial charge in [-0.05, 0) is 91.1 Å². The van der Waals surface area contributed by atoms with Gasteiger partial charge >= 0.3 is 0 Å². The first-order valence-electron chi connectivity index (χ1n) is 14.7. The van der Waals surface area contributed by atoms with Gasteiger partial charge < -0.3 is 10.2 Å². The van der Waals surface area contributed by atoms with Gasteiger partial charge in [0.2, 0.25) is 11.8 Å². The fourth-order valence-electron chi connectivity index (χ4n) is 4.90. The molecule has 1 atom stereocenters. The second kappa shape index (κ2) is 15.6. The van der Waals surface area contributed by atoms with Crippen LogP contribution in [-0.4, -0.2) is 44.3 Å². The lowest BCUT2D eigenvalue weighted by molar-refractivity contribution is -0.140. The number of carbonyl (C=O) groups excluding carboxylic acids is 2. The molecular formula is C35H37BrClN3O4S. The van der Waals surface area contributed by atoms with Crippen molar-refractivity contribution in [2.24, 2.45) is 0 Å². The average Bonchev–Trinajstić information content (AvgIpc) is 3.02. The largest absolute Gasteiger partial charge is 0.354 e. The van der Waals surface area contributed by atoms with Crippen LogP contribution >= 0.6 is 27.5 Å². The maximum Gasteiger partial charge on any atom is 0.264 e. The quantitative estimate of drug-likeness (QED) is 0.161. The second-order valence-corrected chi connectivity index (χ2v) is 14.1. The van der Waals surface area contributed by atoms with Crippen molar-refractivity contribution in [2.75, 3.05) is 17.4 Å². The smallest absolute Gasteiger partial charge is 0.264 e. The van der Waals surface area contributed by atoms with E-state index in [2.05, 4.69) is 21.2 Å². The number of halogens is 2. The number of benzene rings is 4. The fourth-order valence-corrected chi connectivity index (χ4v) is 6.87. The van der Waals surface area contributed by atoms with Crippen LogP contribution in [0.15, 0.2) is 106 Å². The van der Waals surface area contributed by atoms with Gasteiger partial charge in [-0.1, -0.05) is 83.0 Å². The van der Waals surface area contributed by atoms with Crippen molar-refractivity contribution < 1.29 is 18.0 Å². The molecule has 10 heteroatoms. The predicted molar refractivity (Wildman–Crippen MR) is 184 cm³/mol. The Morgan fingerprint density at radius 1 is 0.867 bits per heavy atom. The summed E-state index contributed by atoms with van der Waals surface area (Å²) >= 11 is 9.57. The summed E-state index contributed by atoms with van der Waals surface area (Å²) in [7, 11) is -4.21. The lowest BCUT2D eigenvalue weighted by Gasteiger charge is -2.34. The number of nitrogens with zero attached hydrogens (tertiary/aromatic N) is 2. The van der Waals surface area contributed by atoms with Gasteiger partial charge in [-0.2, -0.15) is 0 Å². The zero-order valence-corrected chi connectivity index (χ0v) is 28.7. The Bertz CT molecular complexity index is 1730. The van der Waals surface area contributed by atoms with Crippen LogP contribution in [0.25, 0.3) is 0 Å². The Morgan fingerprint density at radius 3 is 2.20 bits per heavy atom. The molecule has 4 aromatic carbocycles. The minimum Gasteiger partial charge on any atom is -0.354 e. The van der Waals surface area contributed by atoms with Crippen molar-refractivity contribution >= 4 is 55.1 Å². The summed E-state index contributed by atoms with van der Waals surface area (Å²) in [6, 6.07) is 27.2. The van der Waals surface area contributed by atoms with Crippen molar-refractivity contribution in [1.29, 1.82) is 0 Å². The highest BCUT2D eigenvalue weighted by atomic mass is 79.9. The molecular weight excluding hydrogens is 674 g/mol. The van der Waals surface area contributed by atoms with Gasteiger partial charge in [0.15, 0.2) is 0 Å². The summed E-state index contributed by atoms with van der Waals surface area (Å²) in [6.07, 6.45) is 0.979. The highest BCUT2D eigenvalue weighted by molar-refractivity contribution is 9.10. The topological polar surface area (TPSA) is 86.8 Å². The summed E-state index contributed by atoms with van der Waals surface area (Å²) in [5.74, 6) is -0.819. The highest BCUT2D eigenvalue weighted by Gasteiger charge is 2.34. The summed E-state index contributed by atoms with van der Waals surface area (Å²) in [4.78, 5) is 29.7. The Kier molecular flexibility index (Phi) is 11.8. The zero-order chi connectivity index (χ0) is 32.6. The first-order valence-corrected chi connectivity index (χ1v) is 17.3. The van der Waals surface area contributed by atoms with Gasteiger partial charge in [0.05, 0.1) is 10.6 Å². The fraction of sp³-hybridized carbons (Fsp3) is 0.257. The van der Waals surface area contributed by atoms with Crippen molar-refractivity contribution in [3.05, 3.63) is 129 Å². The lowest BCUT2D eigenvalue weighted by Crippen LogP contribution is -2.53. The van der Waals surface area contributed by atoms with Crippen LogP contribution in [0, 0.1) is 13.8 Å². The first-order chi connectivity index (χ1) is 21.5. The summed E-state index contributed by atoms with van der Waals surface area (Å²) < 4.78 is 30.3. The minimum atomic E-state index is -4.21. The molecule has 1 N–H and O–H groups in total. The molecule has 1 unspecified atom stereocenters. The SMILES string of the molecule is CCCNC(=O)C(Cc1ccccc1)N(Cc1cccc(Br)c1)C(=O)CN(c1ccc(C)c(C)c1)S(=O)(=O)c1ccc(Cl)cc1. The van der Waals surface area contributed by atoms with E-state index in [0.717, 1.165) is 37.5 Å². The summed E-state index contributed by atoms with van der Waals surface area (Å²) in [5.41, 5.74) is 3.88. The number of rotatable bonds is 13. The third-order valence-electron chi connectivity index (χ3n) is 7.52. The number of hydrogen-bond acceptors (Lipinski definition) is 4. The van der Waals surface area contributed by atoms with Crippen LogP contribution in [0.1, 0.15) is 35.6 Å². The van der Waals surface area contributed by atoms with E-state index in [1.54, 1.807) is 12.1 Å². The Labute approximate surface area is 279 Å². The minimum absolute atomic E-state index is 0.00186. The molecule has 0 heterocycles. The van der Waals surface area contributed by atoms with Gasteiger partial charge in [-0.3, -0.25) is 13.9 Å². The second-order valence-electron chi connectivity index (χ2n) is 10.9. The van der Waals surface area contributed by atoms with E-state index in [4.69, 9.17) is 11.6 Å². The van der Waals surface area contributed by atoms with Crippen LogP contribution < -0.4 is 9.62 Å². The Hall–Kier alpha value is -3.66. The van der Waals surface area contributed by atoms with Crippen LogP contribution in [0.4, 0.5) is 5.69 Å². The Balaban J connectivity index is 1.81. The predicted octanol–water partition coefficient (Wildman–Crippen LogP) is 7.08. The van der Waals surface area contributed by atoms with Crippen molar-refractivity contribution in [3.63, 3.8) is 0 Å². The summed E-state index contributed by atoms with van der Waals surface area (Å²) in [6.45, 7) is 5.81. The third-order valence-corrected chi connectivity index (χ3v) is 10.1. The molecule has 2 amide bonds. The number of amides is 2. The number of aryl methyl sites for hydroxylation is 2. The van der Waals surface area contributed by atoms with E-state index >= 15 is 0 Å². The van der Waals surface area contributed by atoms with Crippen molar-refractivity contribution in [2.45, 2.75) is 51.1 Å². The molecule has 0 saturated carbocycles. The van der Waals surface area contributed by atoms with Crippen molar-refractivity contribution in [1.82, 2.24) is 10.2 Å². The van der Waals surface area contributed by atoms with E-state index in [-0.39, 0.29) is 23.8 Å². The molecule has 0 aliphatic carbocycles. The monoisotopic (exact) mass is 709 g/mol. The van der Waals surface area contributed by atoms with Gasteiger partial charge in [0.25, 0.3) is 10.0 Å². The lowest BCUT2D eigenvalue weighted by atomic mass is 10.0. The highest BCUT2D eigenvalue weighted by Crippen LogP contribution is 2.28. The van der Waals surface area contributed by atoms with Gasteiger partial charge in [-0.15, -0.1) is 0 Å². The van der Waals surface area contributed by atoms with Crippen LogP contribution in [0.5, 0.6) is 0 Å². The maximum atomic E-state index is 14.5. The molecule has 45 heavy (non-hydrogen) atoms. The van der Waals surface area contributed by atoms with Crippen LogP contribution in [0.3, 0.4) is 0 Å². The van der Waals surface area contributed by atoms with Gasteiger partial charge in [0, 0.05) is 29.0 Å². The normalized spacial score (nSPS) is 11.9. The molecule has 4 aromatic rings. The molecule has 7 nitrogen and oxygen atoms in total. The van der Waals surface area contributed by atoms with Gasteiger partial charge in [0.1, 0.15) is 12.6 Å². The average molecular weight is 711 g/mol. The molecule has 0 fully saturated rings. The number of sulfonamides is 1. The first kappa shape index (κ1) is 34.2. The van der Waals surface area contributed by atoms with E-state index in [9.17, 15) is 18.0 Å². The van der Waals surface area contributed by atoms with E-state index < -0.39 is 28.5 Å². The number of anilines is 1. The van der Waals surface area contributed by atoms with E-state index in [1.807, 2.05) is 81.4 Å². The molecule has 0 radical (unpaired) electrons.